The van der Waals surface area contributed by atoms with Crippen LogP contribution in [0.5, 0.6) is 5.75 Å². The SMILES string of the molecule is C=C(NC(=O)c1ccccc1O)Nc1ccccc1. The molecule has 0 aromatic heterocycles. The number of phenolic OH excluding ortho intramolecular Hbond substituents is 1. The second-order valence-corrected chi connectivity index (χ2v) is 3.94. The number of para-hydroxylation sites is 2. The van der Waals surface area contributed by atoms with E-state index in [1.165, 1.54) is 6.07 Å². The van der Waals surface area contributed by atoms with Gasteiger partial charge >= 0.3 is 0 Å². The highest BCUT2D eigenvalue weighted by atomic mass is 16.3. The fourth-order valence-corrected chi connectivity index (χ4v) is 1.60. The van der Waals surface area contributed by atoms with Crippen molar-refractivity contribution in [3.05, 3.63) is 72.6 Å². The average molecular weight is 254 g/mol. The van der Waals surface area contributed by atoms with Crippen molar-refractivity contribution >= 4 is 11.6 Å². The molecule has 96 valence electrons. The molecule has 0 bridgehead atoms. The van der Waals surface area contributed by atoms with Crippen LogP contribution in [0.15, 0.2) is 67.0 Å². The summed E-state index contributed by atoms with van der Waals surface area (Å²) < 4.78 is 0. The Labute approximate surface area is 111 Å². The van der Waals surface area contributed by atoms with E-state index in [-0.39, 0.29) is 11.3 Å². The number of hydrogen-bond acceptors (Lipinski definition) is 3. The molecule has 0 aliphatic rings. The Hall–Kier alpha value is -2.75. The average Bonchev–Trinajstić information content (AvgIpc) is 2.40. The third kappa shape index (κ3) is 3.35. The first kappa shape index (κ1) is 12.7. The van der Waals surface area contributed by atoms with E-state index in [0.29, 0.717) is 5.82 Å². The summed E-state index contributed by atoms with van der Waals surface area (Å²) in [5.74, 6) is -0.126. The van der Waals surface area contributed by atoms with Crippen LogP contribution < -0.4 is 10.6 Å². The molecule has 0 radical (unpaired) electrons. The minimum atomic E-state index is -0.411. The fraction of sp³-hybridized carbons (Fsp3) is 0. The van der Waals surface area contributed by atoms with Crippen LogP contribution >= 0.6 is 0 Å². The molecule has 0 aliphatic carbocycles. The molecule has 0 aliphatic heterocycles. The van der Waals surface area contributed by atoms with Crippen LogP contribution in [0.4, 0.5) is 5.69 Å². The van der Waals surface area contributed by atoms with E-state index in [1.54, 1.807) is 18.2 Å². The van der Waals surface area contributed by atoms with Gasteiger partial charge in [0.05, 0.1) is 5.56 Å². The molecule has 0 heterocycles. The lowest BCUT2D eigenvalue weighted by Crippen LogP contribution is -2.26. The van der Waals surface area contributed by atoms with Crippen molar-refractivity contribution < 1.29 is 9.90 Å². The van der Waals surface area contributed by atoms with Crippen molar-refractivity contribution in [3.63, 3.8) is 0 Å². The van der Waals surface area contributed by atoms with Crippen molar-refractivity contribution in [2.75, 3.05) is 5.32 Å². The predicted octanol–water partition coefficient (Wildman–Crippen LogP) is 2.71. The summed E-state index contributed by atoms with van der Waals surface area (Å²) in [6, 6.07) is 15.7. The zero-order valence-electron chi connectivity index (χ0n) is 10.3. The first-order valence-corrected chi connectivity index (χ1v) is 5.77. The molecule has 2 aromatic rings. The largest absolute Gasteiger partial charge is 0.507 e. The van der Waals surface area contributed by atoms with Gasteiger partial charge in [-0.1, -0.05) is 36.9 Å². The smallest absolute Gasteiger partial charge is 0.260 e. The van der Waals surface area contributed by atoms with Crippen LogP contribution in [0, 0.1) is 0 Å². The van der Waals surface area contributed by atoms with Gasteiger partial charge in [0.15, 0.2) is 0 Å². The van der Waals surface area contributed by atoms with Crippen LogP contribution in [0.1, 0.15) is 10.4 Å². The summed E-state index contributed by atoms with van der Waals surface area (Å²) >= 11 is 0. The van der Waals surface area contributed by atoms with Crippen molar-refractivity contribution in [1.82, 2.24) is 5.32 Å². The fourth-order valence-electron chi connectivity index (χ4n) is 1.60. The van der Waals surface area contributed by atoms with Gasteiger partial charge in [-0.15, -0.1) is 0 Å². The molecule has 19 heavy (non-hydrogen) atoms. The lowest BCUT2D eigenvalue weighted by atomic mass is 10.2. The summed E-state index contributed by atoms with van der Waals surface area (Å²) in [4.78, 5) is 11.9. The highest BCUT2D eigenvalue weighted by Crippen LogP contribution is 2.15. The van der Waals surface area contributed by atoms with Gasteiger partial charge in [0.2, 0.25) is 0 Å². The molecule has 4 nitrogen and oxygen atoms in total. The van der Waals surface area contributed by atoms with Crippen molar-refractivity contribution in [1.29, 1.82) is 0 Å². The first-order valence-electron chi connectivity index (χ1n) is 5.77. The van der Waals surface area contributed by atoms with Gasteiger partial charge in [-0.25, -0.2) is 0 Å². The number of aromatic hydroxyl groups is 1. The number of benzene rings is 2. The Balaban J connectivity index is 2.00. The number of rotatable bonds is 4. The van der Waals surface area contributed by atoms with Gasteiger partial charge in [0.1, 0.15) is 11.6 Å². The number of carbonyl (C=O) groups excluding carboxylic acids is 1. The van der Waals surface area contributed by atoms with Gasteiger partial charge < -0.3 is 15.7 Å². The second-order valence-electron chi connectivity index (χ2n) is 3.94. The summed E-state index contributed by atoms with van der Waals surface area (Å²) in [5.41, 5.74) is 1.03. The minimum absolute atomic E-state index is 0.0625. The van der Waals surface area contributed by atoms with Gasteiger partial charge in [-0.05, 0) is 24.3 Å². The van der Waals surface area contributed by atoms with Crippen molar-refractivity contribution in [2.24, 2.45) is 0 Å². The zero-order valence-corrected chi connectivity index (χ0v) is 10.3. The van der Waals surface area contributed by atoms with Gasteiger partial charge in [0.25, 0.3) is 5.91 Å². The molecule has 0 fully saturated rings. The Kier molecular flexibility index (Phi) is 3.83. The number of anilines is 1. The maximum atomic E-state index is 11.9. The quantitative estimate of drug-likeness (QED) is 0.786. The molecule has 0 saturated carbocycles. The summed E-state index contributed by atoms with van der Waals surface area (Å²) in [7, 11) is 0. The Morgan fingerprint density at radius 2 is 1.63 bits per heavy atom. The molecule has 2 aromatic carbocycles. The van der Waals surface area contributed by atoms with E-state index in [1.807, 2.05) is 30.3 Å². The van der Waals surface area contributed by atoms with E-state index in [9.17, 15) is 9.90 Å². The van der Waals surface area contributed by atoms with Gasteiger partial charge in [-0.3, -0.25) is 4.79 Å². The molecule has 2 rings (SSSR count). The maximum Gasteiger partial charge on any atom is 0.260 e. The third-order valence-corrected chi connectivity index (χ3v) is 2.48. The van der Waals surface area contributed by atoms with E-state index in [0.717, 1.165) is 5.69 Å². The molecule has 4 heteroatoms. The Morgan fingerprint density at radius 3 is 2.32 bits per heavy atom. The third-order valence-electron chi connectivity index (χ3n) is 2.48. The summed E-state index contributed by atoms with van der Waals surface area (Å²) in [6.45, 7) is 3.72. The predicted molar refractivity (Wildman–Crippen MR) is 74.8 cm³/mol. The Morgan fingerprint density at radius 1 is 1.00 bits per heavy atom. The molecular weight excluding hydrogens is 240 g/mol. The first-order chi connectivity index (χ1) is 9.16. The van der Waals surface area contributed by atoms with E-state index in [2.05, 4.69) is 17.2 Å². The minimum Gasteiger partial charge on any atom is -0.507 e. The van der Waals surface area contributed by atoms with Crippen molar-refractivity contribution in [2.45, 2.75) is 0 Å². The van der Waals surface area contributed by atoms with Crippen LogP contribution in [0.2, 0.25) is 0 Å². The number of hydrogen-bond donors (Lipinski definition) is 3. The maximum absolute atomic E-state index is 11.9. The topological polar surface area (TPSA) is 61.4 Å². The summed E-state index contributed by atoms with van der Waals surface area (Å²) in [6.07, 6.45) is 0. The second kappa shape index (κ2) is 5.73. The lowest BCUT2D eigenvalue weighted by Gasteiger charge is -2.11. The van der Waals surface area contributed by atoms with E-state index in [4.69, 9.17) is 0 Å². The normalized spacial score (nSPS) is 9.68. The van der Waals surface area contributed by atoms with E-state index < -0.39 is 5.91 Å². The van der Waals surface area contributed by atoms with Crippen LogP contribution in [-0.4, -0.2) is 11.0 Å². The van der Waals surface area contributed by atoms with Crippen LogP contribution in [-0.2, 0) is 0 Å². The van der Waals surface area contributed by atoms with Gasteiger partial charge in [0, 0.05) is 5.69 Å². The monoisotopic (exact) mass is 254 g/mol. The Bertz CT molecular complexity index is 594. The van der Waals surface area contributed by atoms with Crippen LogP contribution in [0.3, 0.4) is 0 Å². The lowest BCUT2D eigenvalue weighted by molar-refractivity contribution is 0.0964. The van der Waals surface area contributed by atoms with Crippen LogP contribution in [0.25, 0.3) is 0 Å². The molecule has 3 N–H and O–H groups in total. The zero-order chi connectivity index (χ0) is 13.7. The van der Waals surface area contributed by atoms with Crippen molar-refractivity contribution in [3.8, 4) is 5.75 Å². The molecule has 0 saturated heterocycles. The van der Waals surface area contributed by atoms with Gasteiger partial charge in [-0.2, -0.15) is 0 Å². The summed E-state index contributed by atoms with van der Waals surface area (Å²) in [5, 5.41) is 15.1. The molecule has 0 unspecified atom stereocenters. The molecule has 0 atom stereocenters. The molecule has 0 spiro atoms. The molecule has 1 amide bonds. The number of carbonyl (C=O) groups is 1. The highest BCUT2D eigenvalue weighted by Gasteiger charge is 2.10. The number of phenols is 1. The number of nitrogens with one attached hydrogen (secondary N) is 2. The number of amides is 1. The standard InChI is InChI=1S/C15H14N2O2/c1-11(16-12-7-3-2-4-8-12)17-15(19)13-9-5-6-10-14(13)18/h2-10,16,18H,1H2,(H,17,19). The van der Waals surface area contributed by atoms with E-state index >= 15 is 0 Å². The highest BCUT2D eigenvalue weighted by molar-refractivity contribution is 5.97. The molecular formula is C15H14N2O2.